The highest BCUT2D eigenvalue weighted by atomic mass is 35.5. The van der Waals surface area contributed by atoms with Crippen LogP contribution in [-0.4, -0.2) is 78.9 Å². The minimum Gasteiger partial charge on any atom is -0.483 e. The molecule has 1 aromatic heterocycles. The third kappa shape index (κ3) is 5.18. The quantitative estimate of drug-likeness (QED) is 0.603. The molecule has 0 radical (unpaired) electrons. The molecular weight excluding hydrogens is 492 g/mol. The van der Waals surface area contributed by atoms with Crippen molar-refractivity contribution in [2.24, 2.45) is 0 Å². The van der Waals surface area contributed by atoms with Gasteiger partial charge in [0, 0.05) is 50.6 Å². The van der Waals surface area contributed by atoms with Gasteiger partial charge in [-0.15, -0.1) is 0 Å². The summed E-state index contributed by atoms with van der Waals surface area (Å²) in [4.78, 5) is 23.3. The average Bonchev–Trinajstić information content (AvgIpc) is 3.54. The molecule has 5 rings (SSSR count). The minimum atomic E-state index is -3.62. The molecule has 3 aliphatic rings. The predicted octanol–water partition coefficient (Wildman–Crippen LogP) is 2.16. The first-order valence-corrected chi connectivity index (χ1v) is 13.1. The Morgan fingerprint density at radius 1 is 1.17 bits per heavy atom. The van der Waals surface area contributed by atoms with Crippen molar-refractivity contribution < 1.29 is 18.3 Å². The molecule has 184 valence electrons. The second-order valence-electron chi connectivity index (χ2n) is 8.43. The first kappa shape index (κ1) is 24.8. The molecule has 10 nitrogen and oxygen atoms in total. The Morgan fingerprint density at radius 3 is 2.71 bits per heavy atom. The van der Waals surface area contributed by atoms with Crippen LogP contribution in [0.3, 0.4) is 0 Å². The maximum Gasteiger partial charge on any atom is 0.290 e. The van der Waals surface area contributed by atoms with E-state index in [0.29, 0.717) is 25.0 Å². The number of sulfone groups is 1. The van der Waals surface area contributed by atoms with E-state index in [4.69, 9.17) is 26.8 Å². The number of fused-ring (bicyclic) bond motifs is 1. The lowest BCUT2D eigenvalue weighted by Gasteiger charge is -2.39. The zero-order valence-electron chi connectivity index (χ0n) is 18.9. The molecular formula is C23H25ClN6O4S. The topological polar surface area (TPSA) is 131 Å². The van der Waals surface area contributed by atoms with E-state index < -0.39 is 15.1 Å². The van der Waals surface area contributed by atoms with Gasteiger partial charge in [-0.25, -0.2) is 18.4 Å². The molecule has 35 heavy (non-hydrogen) atoms. The van der Waals surface area contributed by atoms with Crippen LogP contribution in [-0.2, 0) is 14.6 Å². The van der Waals surface area contributed by atoms with Crippen molar-refractivity contribution >= 4 is 39.5 Å². The largest absolute Gasteiger partial charge is 0.483 e. The number of benzene rings is 1. The summed E-state index contributed by atoms with van der Waals surface area (Å²) < 4.78 is 26.7. The van der Waals surface area contributed by atoms with E-state index in [2.05, 4.69) is 32.0 Å². The Kier molecular flexibility index (Phi) is 7.42. The number of piperazine rings is 1. The molecule has 2 fully saturated rings. The van der Waals surface area contributed by atoms with E-state index in [1.54, 1.807) is 17.0 Å². The van der Waals surface area contributed by atoms with Gasteiger partial charge in [0.05, 0.1) is 15.2 Å². The molecule has 0 unspecified atom stereocenters. The van der Waals surface area contributed by atoms with Crippen LogP contribution < -0.4 is 9.80 Å². The fraction of sp³-hybridized carbons (Fsp3) is 0.391. The molecule has 4 heterocycles. The van der Waals surface area contributed by atoms with Crippen LogP contribution in [0.2, 0.25) is 5.02 Å². The zero-order valence-corrected chi connectivity index (χ0v) is 20.4. The molecule has 3 aliphatic heterocycles. The molecule has 12 heteroatoms. The Labute approximate surface area is 209 Å². The van der Waals surface area contributed by atoms with Gasteiger partial charge in [0.25, 0.3) is 6.47 Å². The van der Waals surface area contributed by atoms with Crippen LogP contribution in [0.1, 0.15) is 18.5 Å². The predicted molar refractivity (Wildman–Crippen MR) is 131 cm³/mol. The Hall–Kier alpha value is -3.36. The summed E-state index contributed by atoms with van der Waals surface area (Å²) in [5.74, 6) is 0.378. The molecule has 1 N–H and O–H groups in total. The highest BCUT2D eigenvalue weighted by Crippen LogP contribution is 2.34. The van der Waals surface area contributed by atoms with Crippen molar-refractivity contribution in [1.29, 1.82) is 5.26 Å². The second kappa shape index (κ2) is 10.5. The summed E-state index contributed by atoms with van der Waals surface area (Å²) in [5, 5.41) is 15.6. The summed E-state index contributed by atoms with van der Waals surface area (Å²) in [6, 6.07) is 9.26. The van der Waals surface area contributed by atoms with Gasteiger partial charge < -0.3 is 19.8 Å². The third-order valence-electron chi connectivity index (χ3n) is 6.44. The SMILES string of the molecule is N#Cc1ccnc(N2CC[C@H](S(=O)(=O)c3ccc(N4CCN5C=CC[C@H]5C4)cc3Cl)C2)n1.O=CO. The summed E-state index contributed by atoms with van der Waals surface area (Å²) in [6.07, 6.45) is 7.37. The number of aromatic nitrogens is 2. The summed E-state index contributed by atoms with van der Waals surface area (Å²) >= 11 is 6.51. The van der Waals surface area contributed by atoms with E-state index in [1.165, 1.54) is 12.3 Å². The maximum atomic E-state index is 13.4. The van der Waals surface area contributed by atoms with Crippen LogP contribution in [0.15, 0.2) is 47.6 Å². The molecule has 0 spiro atoms. The number of halogens is 1. The smallest absolute Gasteiger partial charge is 0.290 e. The van der Waals surface area contributed by atoms with Gasteiger partial charge in [-0.1, -0.05) is 17.7 Å². The van der Waals surface area contributed by atoms with E-state index >= 15 is 0 Å². The lowest BCUT2D eigenvalue weighted by Crippen LogP contribution is -2.49. The number of nitriles is 1. The number of carbonyl (C=O) groups is 1. The van der Waals surface area contributed by atoms with Gasteiger partial charge in [-0.2, -0.15) is 5.26 Å². The first-order valence-electron chi connectivity index (χ1n) is 11.1. The lowest BCUT2D eigenvalue weighted by molar-refractivity contribution is -0.122. The monoisotopic (exact) mass is 516 g/mol. The lowest BCUT2D eigenvalue weighted by atomic mass is 10.1. The molecule has 0 aliphatic carbocycles. The first-order chi connectivity index (χ1) is 16.9. The molecule has 0 saturated carbocycles. The highest BCUT2D eigenvalue weighted by Gasteiger charge is 2.37. The average molecular weight is 517 g/mol. The maximum absolute atomic E-state index is 13.4. The van der Waals surface area contributed by atoms with E-state index in [9.17, 15) is 8.42 Å². The van der Waals surface area contributed by atoms with Crippen molar-refractivity contribution in [3.8, 4) is 6.07 Å². The van der Waals surface area contributed by atoms with Crippen LogP contribution in [0, 0.1) is 11.3 Å². The summed E-state index contributed by atoms with van der Waals surface area (Å²) in [5.41, 5.74) is 1.21. The van der Waals surface area contributed by atoms with Crippen molar-refractivity contribution in [3.63, 3.8) is 0 Å². The number of hydrogen-bond acceptors (Lipinski definition) is 9. The highest BCUT2D eigenvalue weighted by molar-refractivity contribution is 7.92. The standard InChI is InChI=1S/C22H23ClN6O2S.CH2O2/c23-20-12-17(28-11-10-27-8-1-2-18(27)14-28)3-4-21(20)32(30,31)19-6-9-29(15-19)22-25-7-5-16(13-24)26-22;2-1-3/h1,3-5,7-8,12,18-19H,2,6,9-11,14-15H2;1H,(H,2,3)/t18-,19-;/m0./s1. The van der Waals surface area contributed by atoms with Gasteiger partial charge in [-0.3, -0.25) is 4.79 Å². The Bertz CT molecular complexity index is 1260. The fourth-order valence-electron chi connectivity index (χ4n) is 4.69. The van der Waals surface area contributed by atoms with Crippen LogP contribution in [0.4, 0.5) is 11.6 Å². The molecule has 2 atom stereocenters. The molecule has 2 aromatic rings. The van der Waals surface area contributed by atoms with E-state index in [1.807, 2.05) is 12.1 Å². The van der Waals surface area contributed by atoms with Crippen LogP contribution in [0.5, 0.6) is 0 Å². The Morgan fingerprint density at radius 2 is 1.97 bits per heavy atom. The van der Waals surface area contributed by atoms with E-state index in [0.717, 1.165) is 31.7 Å². The van der Waals surface area contributed by atoms with Gasteiger partial charge in [0.1, 0.15) is 11.8 Å². The molecule has 1 aromatic carbocycles. The third-order valence-corrected chi connectivity index (χ3v) is 9.10. The van der Waals surface area contributed by atoms with Crippen molar-refractivity contribution in [3.05, 3.63) is 53.5 Å². The van der Waals surface area contributed by atoms with Crippen molar-refractivity contribution in [1.82, 2.24) is 14.9 Å². The normalized spacial score (nSPS) is 21.2. The zero-order chi connectivity index (χ0) is 25.0. The van der Waals surface area contributed by atoms with Gasteiger partial charge >= 0.3 is 0 Å². The van der Waals surface area contributed by atoms with E-state index in [-0.39, 0.29) is 28.6 Å². The number of nitrogens with zero attached hydrogens (tertiary/aromatic N) is 6. The fourth-order valence-corrected chi connectivity index (χ4v) is 6.92. The van der Waals surface area contributed by atoms with Crippen LogP contribution >= 0.6 is 11.6 Å². The van der Waals surface area contributed by atoms with Crippen LogP contribution in [0.25, 0.3) is 0 Å². The van der Waals surface area contributed by atoms with Gasteiger partial charge in [-0.05, 0) is 43.3 Å². The van der Waals surface area contributed by atoms with Crippen molar-refractivity contribution in [2.45, 2.75) is 29.0 Å². The van der Waals surface area contributed by atoms with Gasteiger partial charge in [0.2, 0.25) is 5.95 Å². The summed E-state index contributed by atoms with van der Waals surface area (Å²) in [7, 11) is -3.62. The molecule has 0 bridgehead atoms. The number of anilines is 2. The number of hydrogen-bond donors (Lipinski definition) is 1. The molecule has 2 saturated heterocycles. The van der Waals surface area contributed by atoms with Crippen molar-refractivity contribution in [2.75, 3.05) is 42.5 Å². The second-order valence-corrected chi connectivity index (χ2v) is 11.0. The molecule has 0 amide bonds. The Balaban J connectivity index is 0.000000917. The summed E-state index contributed by atoms with van der Waals surface area (Å²) in [6.45, 7) is 3.25. The minimum absolute atomic E-state index is 0.169. The number of rotatable bonds is 4. The van der Waals surface area contributed by atoms with Gasteiger partial charge in [0.15, 0.2) is 9.84 Å². The number of carboxylic acid groups (broad SMARTS) is 1.